The Bertz CT molecular complexity index is 1030. The van der Waals surface area contributed by atoms with Crippen LogP contribution in [-0.4, -0.2) is 47.4 Å². The average molecular weight is 931 g/mol. The third-order valence-electron chi connectivity index (χ3n) is 13.7. The molecule has 1 amide bonds. The highest BCUT2D eigenvalue weighted by molar-refractivity contribution is 5.76. The summed E-state index contributed by atoms with van der Waals surface area (Å²) in [5.41, 5.74) is 0. The maximum Gasteiger partial charge on any atom is 0.305 e. The van der Waals surface area contributed by atoms with Crippen LogP contribution in [0.3, 0.4) is 0 Å². The van der Waals surface area contributed by atoms with Crippen molar-refractivity contribution < 1.29 is 24.5 Å². The zero-order chi connectivity index (χ0) is 47.9. The number of esters is 1. The van der Waals surface area contributed by atoms with Crippen molar-refractivity contribution in [2.24, 2.45) is 0 Å². The van der Waals surface area contributed by atoms with Gasteiger partial charge < -0.3 is 20.3 Å². The Balaban J connectivity index is 3.49. The van der Waals surface area contributed by atoms with Gasteiger partial charge in [-0.1, -0.05) is 256 Å². The second-order valence-corrected chi connectivity index (χ2v) is 20.3. The molecule has 0 aromatic rings. The number of nitrogens with one attached hydrogen (secondary N) is 1. The van der Waals surface area contributed by atoms with Gasteiger partial charge in [0.25, 0.3) is 0 Å². The third-order valence-corrected chi connectivity index (χ3v) is 13.7. The highest BCUT2D eigenvalue weighted by atomic mass is 16.5. The summed E-state index contributed by atoms with van der Waals surface area (Å²) in [4.78, 5) is 24.5. The second kappa shape index (κ2) is 55.9. The molecule has 0 radical (unpaired) electrons. The van der Waals surface area contributed by atoms with Crippen LogP contribution in [0.4, 0.5) is 0 Å². The number of allylic oxidation sites excluding steroid dienone is 4. The lowest BCUT2D eigenvalue weighted by Gasteiger charge is -2.22. The fourth-order valence-electron chi connectivity index (χ4n) is 9.16. The first-order valence-corrected chi connectivity index (χ1v) is 29.6. The predicted molar refractivity (Wildman–Crippen MR) is 287 cm³/mol. The van der Waals surface area contributed by atoms with Crippen molar-refractivity contribution >= 4 is 11.9 Å². The molecule has 3 N–H and O–H groups in total. The van der Waals surface area contributed by atoms with Crippen molar-refractivity contribution in [2.45, 2.75) is 334 Å². The number of amides is 1. The minimum absolute atomic E-state index is 0.0204. The fourth-order valence-corrected chi connectivity index (χ4v) is 9.16. The summed E-state index contributed by atoms with van der Waals surface area (Å²) >= 11 is 0. The standard InChI is InChI=1S/C60H115NO5/c1-3-5-7-9-11-13-15-17-19-20-21-22-23-24-25-26-28-32-36-40-44-48-52-58(63)57(56-62)61-59(64)53-49-45-41-37-33-29-27-31-35-39-43-47-51-55-66-60(65)54-50-46-42-38-34-30-18-16-14-12-10-8-6-4-2/h16,18,29,33,57-58,62-63H,3-15,17,19-28,30-32,34-56H2,1-2H3,(H,61,64)/b18-16-,33-29-. The number of rotatable bonds is 55. The van der Waals surface area contributed by atoms with Crippen LogP contribution in [0.2, 0.25) is 0 Å². The van der Waals surface area contributed by atoms with Gasteiger partial charge in [0, 0.05) is 12.8 Å². The lowest BCUT2D eigenvalue weighted by Crippen LogP contribution is -2.45. The van der Waals surface area contributed by atoms with Crippen LogP contribution in [0.15, 0.2) is 24.3 Å². The first-order chi connectivity index (χ1) is 32.5. The molecule has 0 aromatic heterocycles. The topological polar surface area (TPSA) is 95.9 Å². The molecule has 0 bridgehead atoms. The van der Waals surface area contributed by atoms with Crippen LogP contribution >= 0.6 is 0 Å². The lowest BCUT2D eigenvalue weighted by molar-refractivity contribution is -0.143. The molecule has 2 unspecified atom stereocenters. The molecule has 0 aliphatic heterocycles. The van der Waals surface area contributed by atoms with E-state index in [1.165, 1.54) is 218 Å². The molecule has 0 rings (SSSR count). The van der Waals surface area contributed by atoms with Crippen molar-refractivity contribution in [3.05, 3.63) is 24.3 Å². The Morgan fingerprint density at radius 2 is 0.712 bits per heavy atom. The van der Waals surface area contributed by atoms with E-state index < -0.39 is 12.1 Å². The van der Waals surface area contributed by atoms with E-state index in [1.54, 1.807) is 0 Å². The molecular formula is C60H115NO5. The van der Waals surface area contributed by atoms with Gasteiger partial charge in [-0.15, -0.1) is 0 Å². The van der Waals surface area contributed by atoms with E-state index in [2.05, 4.69) is 43.5 Å². The predicted octanol–water partition coefficient (Wildman–Crippen LogP) is 18.2. The molecule has 0 saturated carbocycles. The minimum Gasteiger partial charge on any atom is -0.466 e. The number of carbonyl (C=O) groups is 2. The SMILES string of the molecule is CCCCCCC/C=C\CCCCCCCC(=O)OCCCCCCCC/C=C\CCCCCC(=O)NC(CO)C(O)CCCCCCCCCCCCCCCCCCCCCCCC. The van der Waals surface area contributed by atoms with Crippen LogP contribution in [0, 0.1) is 0 Å². The molecule has 0 aliphatic carbocycles. The monoisotopic (exact) mass is 930 g/mol. The zero-order valence-electron chi connectivity index (χ0n) is 44.4. The summed E-state index contributed by atoms with van der Waals surface area (Å²) in [6.07, 6.45) is 67.4. The van der Waals surface area contributed by atoms with Gasteiger partial charge in [0.1, 0.15) is 0 Å². The Morgan fingerprint density at radius 1 is 0.409 bits per heavy atom. The zero-order valence-corrected chi connectivity index (χ0v) is 44.4. The van der Waals surface area contributed by atoms with Gasteiger partial charge in [0.15, 0.2) is 0 Å². The number of hydrogen-bond acceptors (Lipinski definition) is 5. The Labute approximate surface area is 411 Å². The smallest absolute Gasteiger partial charge is 0.305 e. The molecule has 0 aliphatic rings. The molecular weight excluding hydrogens is 815 g/mol. The normalized spacial score (nSPS) is 12.7. The molecule has 66 heavy (non-hydrogen) atoms. The van der Waals surface area contributed by atoms with Gasteiger partial charge in [0.2, 0.25) is 5.91 Å². The molecule has 6 heteroatoms. The molecule has 2 atom stereocenters. The molecule has 0 spiro atoms. The highest BCUT2D eigenvalue weighted by Gasteiger charge is 2.20. The number of aliphatic hydroxyl groups is 2. The second-order valence-electron chi connectivity index (χ2n) is 20.3. The van der Waals surface area contributed by atoms with E-state index >= 15 is 0 Å². The molecule has 0 heterocycles. The molecule has 0 aromatic carbocycles. The fraction of sp³-hybridized carbons (Fsp3) is 0.900. The van der Waals surface area contributed by atoms with E-state index in [-0.39, 0.29) is 18.5 Å². The van der Waals surface area contributed by atoms with Crippen LogP contribution in [0.1, 0.15) is 322 Å². The number of carbonyl (C=O) groups excluding carboxylic acids is 2. The van der Waals surface area contributed by atoms with E-state index in [1.807, 2.05) is 0 Å². The Kier molecular flexibility index (Phi) is 54.5. The third kappa shape index (κ3) is 51.7. The first-order valence-electron chi connectivity index (χ1n) is 29.6. The van der Waals surface area contributed by atoms with Gasteiger partial charge in [-0.25, -0.2) is 0 Å². The van der Waals surface area contributed by atoms with Crippen LogP contribution < -0.4 is 5.32 Å². The minimum atomic E-state index is -0.683. The summed E-state index contributed by atoms with van der Waals surface area (Å²) in [6.45, 7) is 4.92. The summed E-state index contributed by atoms with van der Waals surface area (Å²) in [5.74, 6) is -0.0828. The summed E-state index contributed by atoms with van der Waals surface area (Å²) < 4.78 is 5.46. The molecule has 0 saturated heterocycles. The highest BCUT2D eigenvalue weighted by Crippen LogP contribution is 2.17. The largest absolute Gasteiger partial charge is 0.466 e. The van der Waals surface area contributed by atoms with Crippen molar-refractivity contribution in [1.82, 2.24) is 5.32 Å². The Morgan fingerprint density at radius 3 is 1.09 bits per heavy atom. The molecule has 0 fully saturated rings. The summed E-state index contributed by atoms with van der Waals surface area (Å²) in [7, 11) is 0. The summed E-state index contributed by atoms with van der Waals surface area (Å²) in [6, 6.07) is -0.563. The number of aliphatic hydroxyl groups excluding tert-OH is 2. The van der Waals surface area contributed by atoms with Gasteiger partial charge in [-0.3, -0.25) is 9.59 Å². The van der Waals surface area contributed by atoms with Crippen molar-refractivity contribution in [3.63, 3.8) is 0 Å². The van der Waals surface area contributed by atoms with Gasteiger partial charge in [0.05, 0.1) is 25.4 Å². The van der Waals surface area contributed by atoms with Gasteiger partial charge in [-0.05, 0) is 77.0 Å². The number of unbranched alkanes of at least 4 members (excludes halogenated alkanes) is 40. The van der Waals surface area contributed by atoms with Crippen LogP contribution in [-0.2, 0) is 14.3 Å². The van der Waals surface area contributed by atoms with Crippen molar-refractivity contribution in [1.29, 1.82) is 0 Å². The van der Waals surface area contributed by atoms with Crippen LogP contribution in [0.25, 0.3) is 0 Å². The number of hydrogen-bond donors (Lipinski definition) is 3. The molecule has 390 valence electrons. The van der Waals surface area contributed by atoms with Crippen molar-refractivity contribution in [3.8, 4) is 0 Å². The maximum absolute atomic E-state index is 12.5. The quantitative estimate of drug-likeness (QED) is 0.0321. The van der Waals surface area contributed by atoms with E-state index in [0.717, 1.165) is 70.6 Å². The number of ether oxygens (including phenoxy) is 1. The lowest BCUT2D eigenvalue weighted by atomic mass is 10.0. The van der Waals surface area contributed by atoms with E-state index in [4.69, 9.17) is 4.74 Å². The van der Waals surface area contributed by atoms with E-state index in [0.29, 0.717) is 25.9 Å². The van der Waals surface area contributed by atoms with E-state index in [9.17, 15) is 19.8 Å². The molecule has 6 nitrogen and oxygen atoms in total. The first kappa shape index (κ1) is 64.3. The van der Waals surface area contributed by atoms with Gasteiger partial charge >= 0.3 is 5.97 Å². The van der Waals surface area contributed by atoms with Crippen molar-refractivity contribution in [2.75, 3.05) is 13.2 Å². The van der Waals surface area contributed by atoms with Gasteiger partial charge in [-0.2, -0.15) is 0 Å². The maximum atomic E-state index is 12.5. The van der Waals surface area contributed by atoms with Crippen LogP contribution in [0.5, 0.6) is 0 Å². The Hall–Kier alpha value is -1.66. The summed E-state index contributed by atoms with van der Waals surface area (Å²) in [5, 5.41) is 23.3. The average Bonchev–Trinajstić information content (AvgIpc) is 3.32.